The van der Waals surface area contributed by atoms with Crippen LogP contribution >= 0.6 is 0 Å². The fourth-order valence-corrected chi connectivity index (χ4v) is 1.84. The van der Waals surface area contributed by atoms with E-state index in [0.717, 1.165) is 5.56 Å². The highest BCUT2D eigenvalue weighted by Gasteiger charge is 2.21. The van der Waals surface area contributed by atoms with Crippen LogP contribution in [0.4, 0.5) is 10.5 Å². The molecule has 2 atom stereocenters. The highest BCUT2D eigenvalue weighted by Crippen LogP contribution is 2.19. The van der Waals surface area contributed by atoms with Gasteiger partial charge in [0.1, 0.15) is 6.04 Å². The minimum Gasteiger partial charge on any atom is -0.465 e. The normalized spacial score (nSPS) is 13.1. The maximum Gasteiger partial charge on any atom is 0.405 e. The van der Waals surface area contributed by atoms with Crippen LogP contribution < -0.4 is 16.4 Å². The van der Waals surface area contributed by atoms with Gasteiger partial charge in [-0.3, -0.25) is 4.79 Å². The first kappa shape index (κ1) is 15.6. The number of nitrogens with two attached hydrogens (primary N) is 1. The highest BCUT2D eigenvalue weighted by molar-refractivity contribution is 5.85. The van der Waals surface area contributed by atoms with Crippen molar-refractivity contribution in [1.29, 1.82) is 0 Å². The molecule has 2 amide bonds. The average Bonchev–Trinajstić information content (AvgIpc) is 2.38. The second-order valence-corrected chi connectivity index (χ2v) is 4.39. The van der Waals surface area contributed by atoms with Gasteiger partial charge in [0.2, 0.25) is 5.91 Å². The number of hydrogen-bond acceptors (Lipinski definition) is 3. The summed E-state index contributed by atoms with van der Waals surface area (Å²) in [4.78, 5) is 22.7. The fourth-order valence-electron chi connectivity index (χ4n) is 1.84. The van der Waals surface area contributed by atoms with Crippen molar-refractivity contribution in [2.75, 3.05) is 5.73 Å². The topological polar surface area (TPSA) is 104 Å². The van der Waals surface area contributed by atoms with Gasteiger partial charge in [-0.1, -0.05) is 24.3 Å². The number of para-hydroxylation sites is 1. The predicted octanol–water partition coefficient (Wildman–Crippen LogP) is 1.66. The Morgan fingerprint density at radius 2 is 2.05 bits per heavy atom. The second-order valence-electron chi connectivity index (χ2n) is 4.39. The van der Waals surface area contributed by atoms with Crippen molar-refractivity contribution in [2.24, 2.45) is 0 Å². The van der Waals surface area contributed by atoms with Crippen molar-refractivity contribution in [3.8, 4) is 0 Å². The van der Waals surface area contributed by atoms with Gasteiger partial charge in [-0.25, -0.2) is 4.79 Å². The molecule has 1 aromatic rings. The summed E-state index contributed by atoms with van der Waals surface area (Å²) in [6.07, 6.45) is 0.454. The maximum atomic E-state index is 12.0. The fraction of sp³-hybridized carbons (Fsp3) is 0.286. The summed E-state index contributed by atoms with van der Waals surface area (Å²) in [5.74, 6) is -0.414. The first-order valence-corrected chi connectivity index (χ1v) is 6.20. The molecule has 5 N–H and O–H groups in total. The van der Waals surface area contributed by atoms with Gasteiger partial charge in [-0.15, -0.1) is 6.58 Å². The van der Waals surface area contributed by atoms with Gasteiger partial charge in [0.05, 0.1) is 6.04 Å². The van der Waals surface area contributed by atoms with Gasteiger partial charge in [-0.2, -0.15) is 0 Å². The molecular weight excluding hydrogens is 258 g/mol. The third-order valence-electron chi connectivity index (χ3n) is 2.84. The molecule has 0 aliphatic heterocycles. The Balaban J connectivity index is 2.74. The van der Waals surface area contributed by atoms with Crippen LogP contribution in [0.15, 0.2) is 36.9 Å². The van der Waals surface area contributed by atoms with Crippen LogP contribution in [0.2, 0.25) is 0 Å². The van der Waals surface area contributed by atoms with Gasteiger partial charge in [0.25, 0.3) is 0 Å². The molecule has 0 aliphatic rings. The number of carboxylic acid groups (broad SMARTS) is 1. The molecule has 0 bridgehead atoms. The molecule has 1 aromatic carbocycles. The highest BCUT2D eigenvalue weighted by atomic mass is 16.4. The average molecular weight is 277 g/mol. The molecule has 108 valence electrons. The Morgan fingerprint density at radius 3 is 2.60 bits per heavy atom. The van der Waals surface area contributed by atoms with Crippen molar-refractivity contribution in [3.63, 3.8) is 0 Å². The summed E-state index contributed by atoms with van der Waals surface area (Å²) in [6, 6.07) is 6.01. The van der Waals surface area contributed by atoms with Crippen LogP contribution in [-0.4, -0.2) is 23.1 Å². The van der Waals surface area contributed by atoms with E-state index in [-0.39, 0.29) is 12.5 Å². The summed E-state index contributed by atoms with van der Waals surface area (Å²) in [7, 11) is 0. The quantitative estimate of drug-likeness (QED) is 0.469. The van der Waals surface area contributed by atoms with E-state index < -0.39 is 18.0 Å². The van der Waals surface area contributed by atoms with E-state index in [0.29, 0.717) is 5.69 Å². The van der Waals surface area contributed by atoms with Crippen LogP contribution in [0.3, 0.4) is 0 Å². The number of carbonyl (C=O) groups is 2. The van der Waals surface area contributed by atoms with E-state index >= 15 is 0 Å². The number of hydrogen-bond donors (Lipinski definition) is 4. The lowest BCUT2D eigenvalue weighted by molar-refractivity contribution is -0.123. The first-order chi connectivity index (χ1) is 9.45. The van der Waals surface area contributed by atoms with Gasteiger partial charge in [0, 0.05) is 5.69 Å². The van der Waals surface area contributed by atoms with Crippen molar-refractivity contribution in [2.45, 2.75) is 25.4 Å². The van der Waals surface area contributed by atoms with Crippen molar-refractivity contribution in [3.05, 3.63) is 42.5 Å². The summed E-state index contributed by atoms with van der Waals surface area (Å²) in [6.45, 7) is 5.30. The lowest BCUT2D eigenvalue weighted by atomic mass is 10.1. The molecule has 0 saturated heterocycles. The number of benzene rings is 1. The molecule has 1 unspecified atom stereocenters. The van der Waals surface area contributed by atoms with Gasteiger partial charge < -0.3 is 21.5 Å². The Morgan fingerprint density at radius 1 is 1.40 bits per heavy atom. The standard InChI is InChI=1S/C14H19N3O3/c1-3-6-12(17-14(19)20)13(18)16-9(2)10-7-4-5-8-11(10)15/h3-5,7-9,12,17H,1,6,15H2,2H3,(H,16,18)(H,19,20)/t9?,12-/m0/s1. The monoisotopic (exact) mass is 277 g/mol. The lowest BCUT2D eigenvalue weighted by Crippen LogP contribution is -2.46. The minimum absolute atomic E-state index is 0.217. The van der Waals surface area contributed by atoms with E-state index in [4.69, 9.17) is 10.8 Å². The van der Waals surface area contributed by atoms with Crippen LogP contribution in [0, 0.1) is 0 Å². The second kappa shape index (κ2) is 7.18. The molecule has 0 radical (unpaired) electrons. The number of nitrogen functional groups attached to an aromatic ring is 1. The minimum atomic E-state index is -1.25. The third kappa shape index (κ3) is 4.31. The first-order valence-electron chi connectivity index (χ1n) is 6.20. The van der Waals surface area contributed by atoms with Gasteiger partial charge in [-0.05, 0) is 25.0 Å². The molecule has 6 heteroatoms. The van der Waals surface area contributed by atoms with Crippen molar-refractivity contribution in [1.82, 2.24) is 10.6 Å². The van der Waals surface area contributed by atoms with E-state index in [1.54, 1.807) is 19.1 Å². The predicted molar refractivity (Wildman–Crippen MR) is 77.2 cm³/mol. The van der Waals surface area contributed by atoms with E-state index in [1.165, 1.54) is 6.08 Å². The molecule has 0 heterocycles. The Bertz CT molecular complexity index is 502. The molecule has 0 aliphatic carbocycles. The number of nitrogens with one attached hydrogen (secondary N) is 2. The van der Waals surface area contributed by atoms with Crippen molar-refractivity contribution >= 4 is 17.7 Å². The maximum absolute atomic E-state index is 12.0. The molecule has 0 fully saturated rings. The van der Waals surface area contributed by atoms with Crippen LogP contribution in [0.25, 0.3) is 0 Å². The molecule has 20 heavy (non-hydrogen) atoms. The zero-order chi connectivity index (χ0) is 15.1. The smallest absolute Gasteiger partial charge is 0.405 e. The number of carbonyl (C=O) groups excluding carboxylic acids is 1. The summed E-state index contributed by atoms with van der Waals surface area (Å²) in [5.41, 5.74) is 7.20. The lowest BCUT2D eigenvalue weighted by Gasteiger charge is -2.20. The van der Waals surface area contributed by atoms with E-state index in [9.17, 15) is 9.59 Å². The van der Waals surface area contributed by atoms with Crippen LogP contribution in [0.1, 0.15) is 24.9 Å². The number of rotatable bonds is 6. The zero-order valence-electron chi connectivity index (χ0n) is 11.3. The largest absolute Gasteiger partial charge is 0.465 e. The summed E-state index contributed by atoms with van der Waals surface area (Å²) < 4.78 is 0. The SMILES string of the molecule is C=CC[C@H](NC(=O)O)C(=O)NC(C)c1ccccc1N. The van der Waals surface area contributed by atoms with E-state index in [2.05, 4.69) is 17.2 Å². The molecule has 0 saturated carbocycles. The Labute approximate surface area is 117 Å². The molecule has 1 rings (SSSR count). The third-order valence-corrected chi connectivity index (χ3v) is 2.84. The van der Waals surface area contributed by atoms with Crippen LogP contribution in [-0.2, 0) is 4.79 Å². The number of amides is 2. The molecule has 0 aromatic heterocycles. The van der Waals surface area contributed by atoms with Crippen molar-refractivity contribution < 1.29 is 14.7 Å². The summed E-state index contributed by atoms with van der Waals surface area (Å²) in [5, 5.41) is 13.6. The van der Waals surface area contributed by atoms with Gasteiger partial charge >= 0.3 is 6.09 Å². The molecular formula is C14H19N3O3. The Kier molecular flexibility index (Phi) is 5.58. The van der Waals surface area contributed by atoms with Crippen LogP contribution in [0.5, 0.6) is 0 Å². The zero-order valence-corrected chi connectivity index (χ0v) is 11.3. The molecule has 0 spiro atoms. The van der Waals surface area contributed by atoms with Gasteiger partial charge in [0.15, 0.2) is 0 Å². The van der Waals surface area contributed by atoms with E-state index in [1.807, 2.05) is 12.1 Å². The summed E-state index contributed by atoms with van der Waals surface area (Å²) >= 11 is 0. The number of anilines is 1. The molecule has 6 nitrogen and oxygen atoms in total. The Hall–Kier alpha value is -2.50.